The van der Waals surface area contributed by atoms with E-state index in [-0.39, 0.29) is 0 Å². The van der Waals surface area contributed by atoms with Gasteiger partial charge in [-0.2, -0.15) is 0 Å². The van der Waals surface area contributed by atoms with Crippen LogP contribution in [0.3, 0.4) is 0 Å². The zero-order chi connectivity index (χ0) is 18.7. The fourth-order valence-electron chi connectivity index (χ4n) is 4.47. The molecule has 0 radical (unpaired) electrons. The molecular formula is C26H16BrN. The molecule has 1 aromatic heterocycles. The Bertz CT molecular complexity index is 1520. The third kappa shape index (κ3) is 2.18. The maximum Gasteiger partial charge on any atom is 0.0551 e. The zero-order valence-corrected chi connectivity index (χ0v) is 16.6. The maximum atomic E-state index is 3.78. The Labute approximate surface area is 170 Å². The van der Waals surface area contributed by atoms with Crippen molar-refractivity contribution in [3.63, 3.8) is 0 Å². The molecule has 0 aliphatic carbocycles. The molecule has 1 heterocycles. The lowest BCUT2D eigenvalue weighted by Crippen LogP contribution is -1.80. The minimum absolute atomic E-state index is 1.09. The molecule has 5 aromatic carbocycles. The molecule has 0 spiro atoms. The summed E-state index contributed by atoms with van der Waals surface area (Å²) in [7, 11) is 0. The molecule has 0 bridgehead atoms. The molecular weight excluding hydrogens is 406 g/mol. The van der Waals surface area contributed by atoms with Crippen LogP contribution in [0.5, 0.6) is 0 Å². The van der Waals surface area contributed by atoms with Gasteiger partial charge in [-0.3, -0.25) is 0 Å². The standard InChI is InChI=1S/C26H16BrN/c27-17-8-5-7-16(15-17)18-13-6-14-23-24-21-11-3-1-9-19(21)20-10-2-4-12-22(20)26(24)28-25(18)23/h1-15,28H. The lowest BCUT2D eigenvalue weighted by molar-refractivity contribution is 1.54. The molecule has 0 atom stereocenters. The van der Waals surface area contributed by atoms with Crippen molar-refractivity contribution in [2.75, 3.05) is 0 Å². The molecule has 0 amide bonds. The number of H-pyrrole nitrogens is 1. The van der Waals surface area contributed by atoms with Crippen LogP contribution in [0.25, 0.3) is 54.5 Å². The summed E-state index contributed by atoms with van der Waals surface area (Å²) in [5, 5.41) is 7.75. The number of hydrogen-bond acceptors (Lipinski definition) is 0. The van der Waals surface area contributed by atoms with E-state index in [2.05, 4.69) is 112 Å². The van der Waals surface area contributed by atoms with E-state index in [1.165, 1.54) is 54.5 Å². The van der Waals surface area contributed by atoms with Crippen molar-refractivity contribution in [2.45, 2.75) is 0 Å². The SMILES string of the molecule is Brc1cccc(-c2cccc3c2[nH]c2c4ccccc4c4ccccc4c32)c1. The molecule has 0 unspecified atom stereocenters. The first kappa shape index (κ1) is 15.9. The Kier molecular flexibility index (Phi) is 3.38. The van der Waals surface area contributed by atoms with E-state index >= 15 is 0 Å². The fraction of sp³-hybridized carbons (Fsp3) is 0. The smallest absolute Gasteiger partial charge is 0.0551 e. The third-order valence-electron chi connectivity index (χ3n) is 5.65. The Hall–Kier alpha value is -3.10. The number of fused-ring (bicyclic) bond motifs is 8. The number of nitrogens with one attached hydrogen (secondary N) is 1. The highest BCUT2D eigenvalue weighted by atomic mass is 79.9. The van der Waals surface area contributed by atoms with Gasteiger partial charge < -0.3 is 4.98 Å². The summed E-state index contributed by atoms with van der Waals surface area (Å²) in [6.07, 6.45) is 0. The van der Waals surface area contributed by atoms with Gasteiger partial charge in [0.25, 0.3) is 0 Å². The molecule has 1 nitrogen and oxygen atoms in total. The number of rotatable bonds is 1. The minimum Gasteiger partial charge on any atom is -0.353 e. The molecule has 0 fully saturated rings. The fourth-order valence-corrected chi connectivity index (χ4v) is 4.87. The van der Waals surface area contributed by atoms with E-state index in [0.29, 0.717) is 0 Å². The van der Waals surface area contributed by atoms with E-state index in [9.17, 15) is 0 Å². The van der Waals surface area contributed by atoms with Crippen molar-refractivity contribution < 1.29 is 0 Å². The van der Waals surface area contributed by atoms with Crippen LogP contribution in [0.2, 0.25) is 0 Å². The molecule has 1 N–H and O–H groups in total. The molecule has 6 aromatic rings. The first-order valence-electron chi connectivity index (χ1n) is 9.41. The molecule has 0 aliphatic heterocycles. The second kappa shape index (κ2) is 5.95. The lowest BCUT2D eigenvalue weighted by atomic mass is 9.96. The summed E-state index contributed by atoms with van der Waals surface area (Å²) in [5.41, 5.74) is 4.84. The van der Waals surface area contributed by atoms with Crippen molar-refractivity contribution in [1.82, 2.24) is 4.98 Å². The van der Waals surface area contributed by atoms with Crippen molar-refractivity contribution in [3.05, 3.63) is 95.5 Å². The van der Waals surface area contributed by atoms with Crippen molar-refractivity contribution >= 4 is 59.3 Å². The Morgan fingerprint density at radius 1 is 0.536 bits per heavy atom. The lowest BCUT2D eigenvalue weighted by Gasteiger charge is -2.07. The third-order valence-corrected chi connectivity index (χ3v) is 6.15. The molecule has 6 rings (SSSR count). The van der Waals surface area contributed by atoms with Crippen LogP contribution in [0.4, 0.5) is 0 Å². The molecule has 0 aliphatic rings. The monoisotopic (exact) mass is 421 g/mol. The highest BCUT2D eigenvalue weighted by Crippen LogP contribution is 2.41. The molecule has 28 heavy (non-hydrogen) atoms. The average Bonchev–Trinajstić information content (AvgIpc) is 3.14. The summed E-state index contributed by atoms with van der Waals surface area (Å²) >= 11 is 3.61. The van der Waals surface area contributed by atoms with Gasteiger partial charge in [-0.05, 0) is 33.9 Å². The Morgan fingerprint density at radius 3 is 1.96 bits per heavy atom. The normalized spacial score (nSPS) is 11.8. The highest BCUT2D eigenvalue weighted by molar-refractivity contribution is 9.10. The van der Waals surface area contributed by atoms with E-state index in [4.69, 9.17) is 0 Å². The molecule has 2 heteroatoms. The quantitative estimate of drug-likeness (QED) is 0.258. The Morgan fingerprint density at radius 2 is 1.18 bits per heavy atom. The van der Waals surface area contributed by atoms with E-state index in [1.807, 2.05) is 0 Å². The summed E-state index contributed by atoms with van der Waals surface area (Å²) in [4.78, 5) is 3.78. The first-order valence-corrected chi connectivity index (χ1v) is 10.2. The van der Waals surface area contributed by atoms with Gasteiger partial charge in [-0.25, -0.2) is 0 Å². The number of halogens is 1. The van der Waals surface area contributed by atoms with Crippen LogP contribution in [0.15, 0.2) is 95.5 Å². The number of aromatic nitrogens is 1. The molecule has 132 valence electrons. The summed E-state index contributed by atoms with van der Waals surface area (Å²) < 4.78 is 1.09. The van der Waals surface area contributed by atoms with Crippen LogP contribution in [-0.4, -0.2) is 4.98 Å². The van der Waals surface area contributed by atoms with Crippen LogP contribution in [0.1, 0.15) is 0 Å². The second-order valence-electron chi connectivity index (χ2n) is 7.20. The Balaban J connectivity index is 1.86. The van der Waals surface area contributed by atoms with Gasteiger partial charge >= 0.3 is 0 Å². The second-order valence-corrected chi connectivity index (χ2v) is 8.12. The average molecular weight is 422 g/mol. The predicted octanol–water partition coefficient (Wildman–Crippen LogP) is 8.06. The number of hydrogen-bond donors (Lipinski definition) is 1. The van der Waals surface area contributed by atoms with Crippen molar-refractivity contribution in [1.29, 1.82) is 0 Å². The number of benzene rings is 5. The van der Waals surface area contributed by atoms with Gasteiger partial charge in [-0.15, -0.1) is 0 Å². The minimum atomic E-state index is 1.09. The topological polar surface area (TPSA) is 15.8 Å². The van der Waals surface area contributed by atoms with Gasteiger partial charge in [0.1, 0.15) is 0 Å². The van der Waals surface area contributed by atoms with E-state index in [0.717, 1.165) is 4.47 Å². The summed E-state index contributed by atoms with van der Waals surface area (Å²) in [5.74, 6) is 0. The van der Waals surface area contributed by atoms with Crippen LogP contribution in [0, 0.1) is 0 Å². The number of aromatic amines is 1. The van der Waals surface area contributed by atoms with Crippen molar-refractivity contribution in [2.24, 2.45) is 0 Å². The number of para-hydroxylation sites is 1. The molecule has 0 saturated carbocycles. The van der Waals surface area contributed by atoms with Gasteiger partial charge in [-0.1, -0.05) is 94.8 Å². The van der Waals surface area contributed by atoms with Gasteiger partial charge in [0.15, 0.2) is 0 Å². The van der Waals surface area contributed by atoms with Crippen LogP contribution >= 0.6 is 15.9 Å². The van der Waals surface area contributed by atoms with E-state index in [1.54, 1.807) is 0 Å². The van der Waals surface area contributed by atoms with E-state index < -0.39 is 0 Å². The maximum absolute atomic E-state index is 3.78. The van der Waals surface area contributed by atoms with Gasteiger partial charge in [0.2, 0.25) is 0 Å². The van der Waals surface area contributed by atoms with Gasteiger partial charge in [0, 0.05) is 26.2 Å². The van der Waals surface area contributed by atoms with Gasteiger partial charge in [0.05, 0.1) is 11.0 Å². The van der Waals surface area contributed by atoms with Crippen LogP contribution in [-0.2, 0) is 0 Å². The summed E-state index contributed by atoms with van der Waals surface area (Å²) in [6.45, 7) is 0. The largest absolute Gasteiger partial charge is 0.353 e. The van der Waals surface area contributed by atoms with Crippen molar-refractivity contribution in [3.8, 4) is 11.1 Å². The highest BCUT2D eigenvalue weighted by Gasteiger charge is 2.15. The zero-order valence-electron chi connectivity index (χ0n) is 15.0. The predicted molar refractivity (Wildman–Crippen MR) is 124 cm³/mol. The first-order chi connectivity index (χ1) is 13.8. The van der Waals surface area contributed by atoms with Crippen LogP contribution < -0.4 is 0 Å². The summed E-state index contributed by atoms with van der Waals surface area (Å²) in [6, 6.07) is 32.5. The molecule has 0 saturated heterocycles.